The normalized spacial score (nSPS) is 13.0. The fraction of sp³-hybridized carbons (Fsp3) is 0.0566. The van der Waals surface area contributed by atoms with Crippen LogP contribution in [-0.2, 0) is 5.41 Å². The lowest BCUT2D eigenvalue weighted by molar-refractivity contribution is 0.661. The average Bonchev–Trinajstić information content (AvgIpc) is 3.72. The van der Waals surface area contributed by atoms with E-state index in [9.17, 15) is 0 Å². The van der Waals surface area contributed by atoms with Gasteiger partial charge < -0.3 is 14.2 Å². The molecule has 0 N–H and O–H groups in total. The zero-order chi connectivity index (χ0) is 37.4. The van der Waals surface area contributed by atoms with Gasteiger partial charge in [0, 0.05) is 50.0 Å². The van der Waals surface area contributed by atoms with Crippen molar-refractivity contribution < 1.29 is 4.42 Å². The third-order valence-corrected chi connectivity index (χ3v) is 11.8. The van der Waals surface area contributed by atoms with Crippen LogP contribution in [0.3, 0.4) is 0 Å². The van der Waals surface area contributed by atoms with Gasteiger partial charge in [-0.3, -0.25) is 0 Å². The number of furan rings is 1. The molecule has 10 aromatic rings. The first kappa shape index (κ1) is 32.3. The van der Waals surface area contributed by atoms with E-state index in [1.807, 2.05) is 12.1 Å². The fourth-order valence-electron chi connectivity index (χ4n) is 9.12. The highest BCUT2D eigenvalue weighted by Gasteiger charge is 2.35. The van der Waals surface area contributed by atoms with Gasteiger partial charge in [0.05, 0.1) is 5.69 Å². The number of para-hydroxylation sites is 3. The molecule has 0 spiro atoms. The van der Waals surface area contributed by atoms with Gasteiger partial charge in [-0.1, -0.05) is 123 Å². The molecule has 1 heterocycles. The molecule has 3 nitrogen and oxygen atoms in total. The molecule has 0 bridgehead atoms. The predicted octanol–water partition coefficient (Wildman–Crippen LogP) is 15.1. The van der Waals surface area contributed by atoms with Crippen molar-refractivity contribution in [1.82, 2.24) is 0 Å². The smallest absolute Gasteiger partial charge is 0.135 e. The van der Waals surface area contributed by atoms with Gasteiger partial charge in [-0.2, -0.15) is 0 Å². The van der Waals surface area contributed by atoms with Crippen molar-refractivity contribution in [2.45, 2.75) is 19.3 Å². The summed E-state index contributed by atoms with van der Waals surface area (Å²) in [5.74, 6) is 0. The SMILES string of the molecule is CC1(C)c2ccccc2-c2cc3cc(N(c4cccc(N(c5ccccc5)c5ccccc5)c4)c4ccc5oc6ccccc6c5c4)c4ccccc4c3cc21. The zero-order valence-corrected chi connectivity index (χ0v) is 31.3. The summed E-state index contributed by atoms with van der Waals surface area (Å²) in [6, 6.07) is 70.2. The molecule has 0 unspecified atom stereocenters. The molecule has 0 amide bonds. The Hall–Kier alpha value is -7.10. The van der Waals surface area contributed by atoms with Crippen LogP contribution in [0.1, 0.15) is 25.0 Å². The minimum atomic E-state index is -0.0848. The number of fused-ring (bicyclic) bond motifs is 9. The summed E-state index contributed by atoms with van der Waals surface area (Å²) in [6.07, 6.45) is 0. The van der Waals surface area contributed by atoms with Gasteiger partial charge in [-0.25, -0.2) is 0 Å². The van der Waals surface area contributed by atoms with E-state index in [4.69, 9.17) is 4.42 Å². The second kappa shape index (κ2) is 12.5. The summed E-state index contributed by atoms with van der Waals surface area (Å²) < 4.78 is 6.34. The molecule has 266 valence electrons. The Balaban J connectivity index is 1.19. The van der Waals surface area contributed by atoms with Crippen molar-refractivity contribution in [3.63, 3.8) is 0 Å². The minimum Gasteiger partial charge on any atom is -0.456 e. The maximum Gasteiger partial charge on any atom is 0.135 e. The van der Waals surface area contributed by atoms with Crippen LogP contribution in [0.25, 0.3) is 54.6 Å². The zero-order valence-electron chi connectivity index (χ0n) is 31.3. The lowest BCUT2D eigenvalue weighted by atomic mass is 9.81. The Kier molecular flexibility index (Phi) is 7.20. The summed E-state index contributed by atoms with van der Waals surface area (Å²) in [5.41, 5.74) is 13.6. The molecule has 0 radical (unpaired) electrons. The topological polar surface area (TPSA) is 19.6 Å². The third-order valence-electron chi connectivity index (χ3n) is 11.8. The molecule has 3 heteroatoms. The monoisotopic (exact) mass is 718 g/mol. The number of benzene rings is 9. The molecule has 56 heavy (non-hydrogen) atoms. The summed E-state index contributed by atoms with van der Waals surface area (Å²) in [6.45, 7) is 4.72. The minimum absolute atomic E-state index is 0.0848. The molecule has 11 rings (SSSR count). The Morgan fingerprint density at radius 3 is 1.71 bits per heavy atom. The van der Waals surface area contributed by atoms with Crippen molar-refractivity contribution in [1.29, 1.82) is 0 Å². The third kappa shape index (κ3) is 4.98. The van der Waals surface area contributed by atoms with E-state index in [0.29, 0.717) is 0 Å². The Labute approximate surface area is 326 Å². The largest absolute Gasteiger partial charge is 0.456 e. The van der Waals surface area contributed by atoms with Gasteiger partial charge in [0.2, 0.25) is 0 Å². The molecule has 9 aromatic carbocycles. The van der Waals surface area contributed by atoms with E-state index in [2.05, 4.69) is 206 Å². The van der Waals surface area contributed by atoms with Crippen LogP contribution in [-0.4, -0.2) is 0 Å². The molecule has 0 saturated heterocycles. The van der Waals surface area contributed by atoms with Crippen LogP contribution in [0.15, 0.2) is 199 Å². The molecular weight excluding hydrogens is 681 g/mol. The second-order valence-corrected chi connectivity index (χ2v) is 15.4. The van der Waals surface area contributed by atoms with Gasteiger partial charge in [0.25, 0.3) is 0 Å². The Bertz CT molecular complexity index is 3080. The highest BCUT2D eigenvalue weighted by molar-refractivity contribution is 6.16. The number of rotatable bonds is 6. The van der Waals surface area contributed by atoms with Crippen LogP contribution in [0.4, 0.5) is 34.1 Å². The molecule has 1 aliphatic rings. The van der Waals surface area contributed by atoms with Crippen molar-refractivity contribution in [2.24, 2.45) is 0 Å². The van der Waals surface area contributed by atoms with E-state index in [1.54, 1.807) is 0 Å². The quantitative estimate of drug-likeness (QED) is 0.160. The van der Waals surface area contributed by atoms with Crippen molar-refractivity contribution in [2.75, 3.05) is 9.80 Å². The van der Waals surface area contributed by atoms with Crippen LogP contribution in [0.2, 0.25) is 0 Å². The Morgan fingerprint density at radius 1 is 0.357 bits per heavy atom. The van der Waals surface area contributed by atoms with Crippen molar-refractivity contribution >= 4 is 77.6 Å². The van der Waals surface area contributed by atoms with Gasteiger partial charge >= 0.3 is 0 Å². The summed E-state index contributed by atoms with van der Waals surface area (Å²) in [5, 5.41) is 7.12. The van der Waals surface area contributed by atoms with Gasteiger partial charge in [0.15, 0.2) is 0 Å². The van der Waals surface area contributed by atoms with Crippen LogP contribution in [0.5, 0.6) is 0 Å². The van der Waals surface area contributed by atoms with Crippen molar-refractivity contribution in [3.05, 3.63) is 205 Å². The van der Waals surface area contributed by atoms with E-state index >= 15 is 0 Å². The molecule has 0 fully saturated rings. The molecular formula is C53H38N2O. The van der Waals surface area contributed by atoms with Crippen molar-refractivity contribution in [3.8, 4) is 11.1 Å². The predicted molar refractivity (Wildman–Crippen MR) is 236 cm³/mol. The molecule has 0 atom stereocenters. The maximum absolute atomic E-state index is 6.34. The average molecular weight is 719 g/mol. The fourth-order valence-corrected chi connectivity index (χ4v) is 9.12. The van der Waals surface area contributed by atoms with E-state index < -0.39 is 0 Å². The number of nitrogens with zero attached hydrogens (tertiary/aromatic N) is 2. The van der Waals surface area contributed by atoms with Crippen LogP contribution >= 0.6 is 0 Å². The lowest BCUT2D eigenvalue weighted by Gasteiger charge is -2.30. The first-order valence-electron chi connectivity index (χ1n) is 19.3. The lowest BCUT2D eigenvalue weighted by Crippen LogP contribution is -2.15. The van der Waals surface area contributed by atoms with Gasteiger partial charge in [-0.15, -0.1) is 0 Å². The van der Waals surface area contributed by atoms with Crippen LogP contribution < -0.4 is 9.80 Å². The highest BCUT2D eigenvalue weighted by Crippen LogP contribution is 2.52. The molecule has 1 aromatic heterocycles. The number of anilines is 6. The summed E-state index contributed by atoms with van der Waals surface area (Å²) in [4.78, 5) is 4.77. The standard InChI is InChI=1S/C53H38N2O/c1-53(2)48-26-13-11-23-42(48)46-30-35-31-50(43-24-10-9-22-41(43)45(35)34-49(46)53)55(40-28-29-52-47(33-40)44-25-12-14-27-51(44)56-52)39-21-15-20-38(32-39)54(36-16-5-3-6-17-36)37-18-7-4-8-19-37/h3-34H,1-2H3. The first-order chi connectivity index (χ1) is 27.5. The van der Waals surface area contributed by atoms with E-state index in [-0.39, 0.29) is 5.41 Å². The summed E-state index contributed by atoms with van der Waals surface area (Å²) >= 11 is 0. The number of hydrogen-bond donors (Lipinski definition) is 0. The molecule has 0 aliphatic heterocycles. The summed E-state index contributed by atoms with van der Waals surface area (Å²) in [7, 11) is 0. The Morgan fingerprint density at radius 2 is 0.946 bits per heavy atom. The van der Waals surface area contributed by atoms with Gasteiger partial charge in [-0.05, 0) is 123 Å². The second-order valence-electron chi connectivity index (χ2n) is 15.4. The van der Waals surface area contributed by atoms with Gasteiger partial charge in [0.1, 0.15) is 11.2 Å². The maximum atomic E-state index is 6.34. The first-order valence-corrected chi connectivity index (χ1v) is 19.3. The van der Waals surface area contributed by atoms with Crippen LogP contribution in [0, 0.1) is 0 Å². The van der Waals surface area contributed by atoms with E-state index in [0.717, 1.165) is 56.1 Å². The molecule has 0 saturated carbocycles. The molecule has 1 aliphatic carbocycles. The number of hydrogen-bond acceptors (Lipinski definition) is 3. The van der Waals surface area contributed by atoms with E-state index in [1.165, 1.54) is 43.8 Å². The highest BCUT2D eigenvalue weighted by atomic mass is 16.3.